The van der Waals surface area contributed by atoms with Crippen molar-refractivity contribution in [3.8, 4) is 0 Å². The van der Waals surface area contributed by atoms with Crippen LogP contribution < -0.4 is 5.32 Å². The highest BCUT2D eigenvalue weighted by atomic mass is 16.2. The van der Waals surface area contributed by atoms with Gasteiger partial charge in [-0.15, -0.1) is 0 Å². The van der Waals surface area contributed by atoms with E-state index in [9.17, 15) is 4.79 Å². The molecule has 0 atom stereocenters. The standard InChI is InChI=1S/C16H16N4O/c1-16(7-8-16)13-10-14(19-18-13)17-15(21)20-9-6-11-4-2-3-5-12(11)20/h2-6,9-10H,7-8H2,1H3,(H2,17,18,19,21). The van der Waals surface area contributed by atoms with Crippen molar-refractivity contribution in [1.82, 2.24) is 14.8 Å². The summed E-state index contributed by atoms with van der Waals surface area (Å²) in [4.78, 5) is 12.4. The Bertz CT molecular complexity index is 826. The molecule has 0 unspecified atom stereocenters. The number of nitrogens with one attached hydrogen (secondary N) is 2. The van der Waals surface area contributed by atoms with E-state index in [1.807, 2.05) is 36.4 Å². The lowest BCUT2D eigenvalue weighted by molar-refractivity contribution is 0.254. The van der Waals surface area contributed by atoms with Gasteiger partial charge in [-0.05, 0) is 25.0 Å². The van der Waals surface area contributed by atoms with Gasteiger partial charge in [0.05, 0.1) is 5.52 Å². The van der Waals surface area contributed by atoms with Crippen LogP contribution in [0.5, 0.6) is 0 Å². The number of hydrogen-bond donors (Lipinski definition) is 2. The van der Waals surface area contributed by atoms with E-state index < -0.39 is 0 Å². The minimum atomic E-state index is -0.199. The topological polar surface area (TPSA) is 62.7 Å². The molecule has 0 bridgehead atoms. The number of fused-ring (bicyclic) bond motifs is 1. The van der Waals surface area contributed by atoms with E-state index in [0.717, 1.165) is 16.6 Å². The van der Waals surface area contributed by atoms with Crippen molar-refractivity contribution in [3.63, 3.8) is 0 Å². The molecule has 1 fully saturated rings. The average molecular weight is 280 g/mol. The highest BCUT2D eigenvalue weighted by molar-refractivity contribution is 5.97. The molecule has 0 aliphatic heterocycles. The van der Waals surface area contributed by atoms with Crippen molar-refractivity contribution >= 4 is 22.8 Å². The zero-order valence-electron chi connectivity index (χ0n) is 11.8. The maximum atomic E-state index is 12.4. The number of aromatic nitrogens is 3. The molecule has 0 spiro atoms. The molecule has 1 aliphatic carbocycles. The first-order valence-electron chi connectivity index (χ1n) is 7.09. The zero-order chi connectivity index (χ0) is 14.4. The summed E-state index contributed by atoms with van der Waals surface area (Å²) < 4.78 is 1.60. The summed E-state index contributed by atoms with van der Waals surface area (Å²) in [5.41, 5.74) is 2.20. The van der Waals surface area contributed by atoms with Gasteiger partial charge in [-0.2, -0.15) is 5.10 Å². The van der Waals surface area contributed by atoms with Crippen LogP contribution in [0.25, 0.3) is 10.9 Å². The van der Waals surface area contributed by atoms with E-state index in [4.69, 9.17) is 0 Å². The minimum absolute atomic E-state index is 0.199. The van der Waals surface area contributed by atoms with E-state index >= 15 is 0 Å². The van der Waals surface area contributed by atoms with Crippen LogP contribution in [0.4, 0.5) is 10.6 Å². The predicted octanol–water partition coefficient (Wildman–Crippen LogP) is 3.50. The quantitative estimate of drug-likeness (QED) is 0.754. The third-order valence-electron chi connectivity index (χ3n) is 4.28. The van der Waals surface area contributed by atoms with Gasteiger partial charge in [0, 0.05) is 28.8 Å². The first-order valence-corrected chi connectivity index (χ1v) is 7.09. The van der Waals surface area contributed by atoms with E-state index in [-0.39, 0.29) is 11.4 Å². The molecular formula is C16H16N4O. The van der Waals surface area contributed by atoms with Crippen molar-refractivity contribution in [2.75, 3.05) is 5.32 Å². The molecule has 1 saturated carbocycles. The number of para-hydroxylation sites is 1. The lowest BCUT2D eigenvalue weighted by Crippen LogP contribution is -2.18. The van der Waals surface area contributed by atoms with Gasteiger partial charge < -0.3 is 0 Å². The summed E-state index contributed by atoms with van der Waals surface area (Å²) in [6.45, 7) is 2.20. The number of benzene rings is 1. The third kappa shape index (κ3) is 2.01. The number of H-pyrrole nitrogens is 1. The lowest BCUT2D eigenvalue weighted by atomic mass is 10.1. The van der Waals surface area contributed by atoms with Crippen molar-refractivity contribution in [3.05, 3.63) is 48.3 Å². The number of rotatable bonds is 2. The highest BCUT2D eigenvalue weighted by Crippen LogP contribution is 2.47. The van der Waals surface area contributed by atoms with Crippen molar-refractivity contribution in [2.24, 2.45) is 0 Å². The number of aromatic amines is 1. The maximum Gasteiger partial charge on any atom is 0.331 e. The van der Waals surface area contributed by atoms with Crippen LogP contribution in [-0.2, 0) is 5.41 Å². The van der Waals surface area contributed by atoms with Crippen LogP contribution in [0.3, 0.4) is 0 Å². The van der Waals surface area contributed by atoms with Gasteiger partial charge in [-0.3, -0.25) is 15.0 Å². The molecule has 2 heterocycles. The van der Waals surface area contributed by atoms with Crippen LogP contribution in [0.1, 0.15) is 25.5 Å². The Labute approximate surface area is 122 Å². The summed E-state index contributed by atoms with van der Waals surface area (Å²) in [6.07, 6.45) is 4.12. The molecule has 4 rings (SSSR count). The number of hydrogen-bond acceptors (Lipinski definition) is 2. The van der Waals surface area contributed by atoms with Crippen LogP contribution >= 0.6 is 0 Å². The van der Waals surface area contributed by atoms with Crippen LogP contribution in [0.2, 0.25) is 0 Å². The molecule has 3 aromatic rings. The summed E-state index contributed by atoms with van der Waals surface area (Å²) in [5.74, 6) is 0.570. The molecule has 2 N–H and O–H groups in total. The van der Waals surface area contributed by atoms with Gasteiger partial charge in [0.1, 0.15) is 0 Å². The Balaban J connectivity index is 1.59. The van der Waals surface area contributed by atoms with Gasteiger partial charge >= 0.3 is 6.03 Å². The largest absolute Gasteiger partial charge is 0.331 e. The summed E-state index contributed by atoms with van der Waals surface area (Å²) in [6, 6.07) is 11.5. The molecule has 1 amide bonds. The van der Waals surface area contributed by atoms with Crippen molar-refractivity contribution in [2.45, 2.75) is 25.2 Å². The minimum Gasteiger partial charge on any atom is -0.290 e. The normalized spacial score (nSPS) is 16.0. The van der Waals surface area contributed by atoms with Crippen LogP contribution in [-0.4, -0.2) is 20.8 Å². The second-order valence-corrected chi connectivity index (χ2v) is 5.90. The Kier molecular flexibility index (Phi) is 2.45. The first kappa shape index (κ1) is 12.2. The van der Waals surface area contributed by atoms with Gasteiger partial charge in [0.2, 0.25) is 0 Å². The fourth-order valence-electron chi connectivity index (χ4n) is 2.58. The lowest BCUT2D eigenvalue weighted by Gasteiger charge is -2.04. The monoisotopic (exact) mass is 280 g/mol. The molecule has 5 nitrogen and oxygen atoms in total. The number of anilines is 1. The smallest absolute Gasteiger partial charge is 0.290 e. The summed E-state index contributed by atoms with van der Waals surface area (Å²) in [5, 5.41) is 11.1. The highest BCUT2D eigenvalue weighted by Gasteiger charge is 2.40. The Morgan fingerprint density at radius 3 is 2.95 bits per heavy atom. The molecule has 2 aromatic heterocycles. The Morgan fingerprint density at radius 2 is 2.14 bits per heavy atom. The van der Waals surface area contributed by atoms with Gasteiger partial charge in [-0.25, -0.2) is 4.79 Å². The Hall–Kier alpha value is -2.56. The first-order chi connectivity index (χ1) is 10.2. The molecule has 0 saturated heterocycles. The molecule has 21 heavy (non-hydrogen) atoms. The van der Waals surface area contributed by atoms with Gasteiger partial charge in [-0.1, -0.05) is 25.1 Å². The fraction of sp³-hybridized carbons (Fsp3) is 0.250. The molecule has 1 aliphatic rings. The van der Waals surface area contributed by atoms with Crippen molar-refractivity contribution in [1.29, 1.82) is 0 Å². The van der Waals surface area contributed by atoms with Crippen LogP contribution in [0.15, 0.2) is 42.6 Å². The maximum absolute atomic E-state index is 12.4. The van der Waals surface area contributed by atoms with Crippen LogP contribution in [0, 0.1) is 0 Å². The SMILES string of the molecule is CC1(c2cc(NC(=O)n3ccc4ccccc43)n[nH]2)CC1. The van der Waals surface area contributed by atoms with E-state index in [2.05, 4.69) is 22.4 Å². The Morgan fingerprint density at radius 1 is 1.33 bits per heavy atom. The molecular weight excluding hydrogens is 264 g/mol. The predicted molar refractivity (Wildman–Crippen MR) is 81.5 cm³/mol. The number of carbonyl (C=O) groups is 1. The van der Waals surface area contributed by atoms with E-state index in [1.165, 1.54) is 12.8 Å². The van der Waals surface area contributed by atoms with Gasteiger partial charge in [0.25, 0.3) is 0 Å². The molecule has 5 heteroatoms. The number of amides is 1. The van der Waals surface area contributed by atoms with E-state index in [1.54, 1.807) is 10.8 Å². The molecule has 106 valence electrons. The average Bonchev–Trinajstić information content (AvgIpc) is 2.94. The number of nitrogens with zero attached hydrogens (tertiary/aromatic N) is 2. The zero-order valence-corrected chi connectivity index (χ0v) is 11.8. The summed E-state index contributed by atoms with van der Waals surface area (Å²) in [7, 11) is 0. The third-order valence-corrected chi connectivity index (χ3v) is 4.28. The fourth-order valence-corrected chi connectivity index (χ4v) is 2.58. The summed E-state index contributed by atoms with van der Waals surface area (Å²) >= 11 is 0. The number of carbonyl (C=O) groups excluding carboxylic acids is 1. The molecule has 1 aromatic carbocycles. The molecule has 0 radical (unpaired) electrons. The van der Waals surface area contributed by atoms with Crippen molar-refractivity contribution < 1.29 is 4.79 Å². The second kappa shape index (κ2) is 4.22. The van der Waals surface area contributed by atoms with E-state index in [0.29, 0.717) is 5.82 Å². The van der Waals surface area contributed by atoms with Gasteiger partial charge in [0.15, 0.2) is 5.82 Å². The second-order valence-electron chi connectivity index (χ2n) is 5.90.